The van der Waals surface area contributed by atoms with Gasteiger partial charge in [-0.15, -0.1) is 0 Å². The van der Waals surface area contributed by atoms with Gasteiger partial charge in [-0.05, 0) is 68.3 Å². The summed E-state index contributed by atoms with van der Waals surface area (Å²) < 4.78 is 16.3. The van der Waals surface area contributed by atoms with E-state index in [1.54, 1.807) is 38.1 Å². The van der Waals surface area contributed by atoms with Crippen molar-refractivity contribution in [2.24, 2.45) is 0 Å². The van der Waals surface area contributed by atoms with Crippen molar-refractivity contribution in [3.8, 4) is 17.2 Å². The molecule has 226 valence electrons. The smallest absolute Gasteiger partial charge is 0.350 e. The number of Topliss-reactive ketones (excluding diaryl/α,β-unsaturated/α-hetero) is 1. The zero-order chi connectivity index (χ0) is 31.5. The first-order valence-electron chi connectivity index (χ1n) is 13.7. The van der Waals surface area contributed by atoms with Gasteiger partial charge in [-0.25, -0.2) is 9.78 Å². The van der Waals surface area contributed by atoms with E-state index in [-0.39, 0.29) is 39.3 Å². The van der Waals surface area contributed by atoms with Crippen LogP contribution in [-0.4, -0.2) is 46.6 Å². The van der Waals surface area contributed by atoms with Crippen LogP contribution in [0.1, 0.15) is 50.6 Å². The van der Waals surface area contributed by atoms with Crippen molar-refractivity contribution in [2.45, 2.75) is 33.4 Å². The number of carbonyl (C=O) groups excluding carboxylic acids is 3. The van der Waals surface area contributed by atoms with Gasteiger partial charge in [0.15, 0.2) is 16.6 Å². The van der Waals surface area contributed by atoms with Gasteiger partial charge >= 0.3 is 11.9 Å². The first kappa shape index (κ1) is 30.3. The van der Waals surface area contributed by atoms with E-state index < -0.39 is 29.5 Å². The Balaban J connectivity index is 1.57. The Labute approximate surface area is 257 Å². The van der Waals surface area contributed by atoms with Crippen LogP contribution in [0.3, 0.4) is 0 Å². The highest BCUT2D eigenvalue weighted by Crippen LogP contribution is 2.45. The number of carbonyl (C=O) groups is 3. The number of ether oxygens (including phenoxy) is 3. The number of amides is 1. The van der Waals surface area contributed by atoms with Crippen molar-refractivity contribution in [1.29, 1.82) is 0 Å². The van der Waals surface area contributed by atoms with E-state index >= 15 is 0 Å². The minimum atomic E-state index is -1.15. The van der Waals surface area contributed by atoms with Gasteiger partial charge in [-0.1, -0.05) is 47.2 Å². The second-order valence-electron chi connectivity index (χ2n) is 10.0. The molecular weight excluding hydrogens is 584 g/mol. The first-order chi connectivity index (χ1) is 21.1. The van der Waals surface area contributed by atoms with Gasteiger partial charge < -0.3 is 24.4 Å². The van der Waals surface area contributed by atoms with Gasteiger partial charge in [0.1, 0.15) is 23.0 Å². The fourth-order valence-electron chi connectivity index (χ4n) is 4.92. The summed E-state index contributed by atoms with van der Waals surface area (Å²) >= 11 is 0.893. The van der Waals surface area contributed by atoms with E-state index in [0.717, 1.165) is 27.4 Å². The molecule has 0 bridgehead atoms. The van der Waals surface area contributed by atoms with E-state index in [9.17, 15) is 24.6 Å². The summed E-state index contributed by atoms with van der Waals surface area (Å²) in [6, 6.07) is 17.7. The molecule has 11 heteroatoms. The molecule has 3 aromatic carbocycles. The molecule has 1 fully saturated rings. The number of thiazole rings is 1. The molecule has 0 spiro atoms. The van der Waals surface area contributed by atoms with Gasteiger partial charge in [0, 0.05) is 5.56 Å². The average molecular weight is 615 g/mol. The summed E-state index contributed by atoms with van der Waals surface area (Å²) in [5.41, 5.74) is 2.91. The standard InChI is InChI=1S/C33H30N2O8S/c1-5-42-25-16-22(11-14-24(25)36)27-26(29(38)31(39)35(27)33-34-19(3)30(44-33)32(40)41-4)28(37)21-9-12-23(13-10-21)43-17-20-8-6-7-18(2)15-20/h6-16,27,36-37H,5,17H2,1-4H3/b28-26+. The fourth-order valence-corrected chi connectivity index (χ4v) is 5.93. The summed E-state index contributed by atoms with van der Waals surface area (Å²) in [5, 5.41) is 21.9. The summed E-state index contributed by atoms with van der Waals surface area (Å²) in [5.74, 6) is -2.37. The quantitative estimate of drug-likeness (QED) is 0.103. The third kappa shape index (κ3) is 5.86. The zero-order valence-electron chi connectivity index (χ0n) is 24.5. The number of rotatable bonds is 9. The van der Waals surface area contributed by atoms with Crippen LogP contribution in [0.15, 0.2) is 72.3 Å². The molecule has 0 aliphatic carbocycles. The molecule has 1 unspecified atom stereocenters. The lowest BCUT2D eigenvalue weighted by Crippen LogP contribution is -2.29. The number of aliphatic hydroxyl groups is 1. The summed E-state index contributed by atoms with van der Waals surface area (Å²) in [6.07, 6.45) is 0. The highest BCUT2D eigenvalue weighted by Gasteiger charge is 2.48. The van der Waals surface area contributed by atoms with E-state index in [2.05, 4.69) is 4.98 Å². The number of hydrogen-bond donors (Lipinski definition) is 2. The Morgan fingerprint density at radius 2 is 1.77 bits per heavy atom. The topological polar surface area (TPSA) is 135 Å². The normalized spacial score (nSPS) is 15.8. The number of anilines is 1. The molecule has 1 saturated heterocycles. The number of methoxy groups -OCH3 is 1. The molecule has 2 heterocycles. The maximum atomic E-state index is 13.6. The largest absolute Gasteiger partial charge is 0.507 e. The van der Waals surface area contributed by atoms with E-state index in [1.807, 2.05) is 31.2 Å². The molecule has 0 saturated carbocycles. The van der Waals surface area contributed by atoms with Crippen LogP contribution < -0.4 is 14.4 Å². The molecule has 2 N–H and O–H groups in total. The predicted molar refractivity (Wildman–Crippen MR) is 164 cm³/mol. The number of aromatic hydroxyl groups is 1. The Kier molecular flexibility index (Phi) is 8.68. The minimum absolute atomic E-state index is 0.0694. The van der Waals surface area contributed by atoms with Gasteiger partial charge in [-0.3, -0.25) is 14.5 Å². The molecular formula is C33H30N2O8S. The number of nitrogens with zero attached hydrogens (tertiary/aromatic N) is 2. The first-order valence-corrected chi connectivity index (χ1v) is 14.6. The SMILES string of the molecule is CCOc1cc(C2/C(=C(\O)c3ccc(OCc4cccc(C)c4)cc3)C(=O)C(=O)N2c2nc(C)c(C(=O)OC)s2)ccc1O. The maximum absolute atomic E-state index is 13.6. The Morgan fingerprint density at radius 1 is 1.02 bits per heavy atom. The number of esters is 1. The number of aliphatic hydroxyl groups excluding tert-OH is 1. The molecule has 1 atom stereocenters. The van der Waals surface area contributed by atoms with Crippen molar-refractivity contribution in [3.63, 3.8) is 0 Å². The van der Waals surface area contributed by atoms with Crippen molar-refractivity contribution in [3.05, 3.63) is 105 Å². The van der Waals surface area contributed by atoms with Gasteiger partial charge in [0.2, 0.25) is 0 Å². The van der Waals surface area contributed by atoms with Crippen LogP contribution >= 0.6 is 11.3 Å². The second-order valence-corrected chi connectivity index (χ2v) is 11.0. The highest BCUT2D eigenvalue weighted by molar-refractivity contribution is 7.17. The molecule has 10 nitrogen and oxygen atoms in total. The number of phenolic OH excluding ortho intramolecular Hbond substituents is 1. The van der Waals surface area contributed by atoms with E-state index in [4.69, 9.17) is 14.2 Å². The Bertz CT molecular complexity index is 1780. The molecule has 1 aliphatic rings. The Hall–Kier alpha value is -5.16. The fraction of sp³-hybridized carbons (Fsp3) is 0.212. The predicted octanol–water partition coefficient (Wildman–Crippen LogP) is 5.86. The summed E-state index contributed by atoms with van der Waals surface area (Å²) in [6.45, 7) is 5.94. The van der Waals surface area contributed by atoms with E-state index in [1.165, 1.54) is 25.3 Å². The Morgan fingerprint density at radius 3 is 2.45 bits per heavy atom. The zero-order valence-corrected chi connectivity index (χ0v) is 25.3. The van der Waals surface area contributed by atoms with Crippen LogP contribution in [0.2, 0.25) is 0 Å². The van der Waals surface area contributed by atoms with Crippen molar-refractivity contribution in [1.82, 2.24) is 4.98 Å². The number of hydrogen-bond acceptors (Lipinski definition) is 10. The van der Waals surface area contributed by atoms with Crippen molar-refractivity contribution < 1.29 is 38.8 Å². The molecule has 44 heavy (non-hydrogen) atoms. The molecule has 1 aliphatic heterocycles. The minimum Gasteiger partial charge on any atom is -0.507 e. The molecule has 4 aromatic rings. The van der Waals surface area contributed by atoms with Gasteiger partial charge in [0.25, 0.3) is 5.78 Å². The van der Waals surface area contributed by atoms with Crippen LogP contribution in [0.4, 0.5) is 5.13 Å². The third-order valence-electron chi connectivity index (χ3n) is 7.02. The maximum Gasteiger partial charge on any atom is 0.350 e. The number of ketones is 1. The van der Waals surface area contributed by atoms with E-state index in [0.29, 0.717) is 23.6 Å². The molecule has 5 rings (SSSR count). The second kappa shape index (κ2) is 12.6. The van der Waals surface area contributed by atoms with Gasteiger partial charge in [-0.2, -0.15) is 0 Å². The number of benzene rings is 3. The lowest BCUT2D eigenvalue weighted by molar-refractivity contribution is -0.132. The van der Waals surface area contributed by atoms with Crippen molar-refractivity contribution >= 4 is 39.9 Å². The molecule has 1 amide bonds. The summed E-state index contributed by atoms with van der Waals surface area (Å²) in [7, 11) is 1.23. The highest BCUT2D eigenvalue weighted by atomic mass is 32.1. The lowest BCUT2D eigenvalue weighted by atomic mass is 9.95. The van der Waals surface area contributed by atoms with Gasteiger partial charge in [0.05, 0.1) is 31.0 Å². The van der Waals surface area contributed by atoms with Crippen molar-refractivity contribution in [2.75, 3.05) is 18.6 Å². The number of aromatic nitrogens is 1. The monoisotopic (exact) mass is 614 g/mol. The lowest BCUT2D eigenvalue weighted by Gasteiger charge is -2.23. The van der Waals surface area contributed by atoms with Crippen LogP contribution in [0.5, 0.6) is 17.2 Å². The molecule has 1 aromatic heterocycles. The average Bonchev–Trinajstić information content (AvgIpc) is 3.53. The number of phenols is 1. The molecule has 0 radical (unpaired) electrons. The van der Waals surface area contributed by atoms with Crippen LogP contribution in [-0.2, 0) is 20.9 Å². The number of aryl methyl sites for hydroxylation is 2. The van der Waals surface area contributed by atoms with Crippen LogP contribution in [0, 0.1) is 13.8 Å². The third-order valence-corrected chi connectivity index (χ3v) is 8.16. The summed E-state index contributed by atoms with van der Waals surface area (Å²) in [4.78, 5) is 45.1. The van der Waals surface area contributed by atoms with Crippen LogP contribution in [0.25, 0.3) is 5.76 Å².